The van der Waals surface area contributed by atoms with Crippen LogP contribution in [0.2, 0.25) is 0 Å². The minimum Gasteiger partial charge on any atom is -0.396 e. The summed E-state index contributed by atoms with van der Waals surface area (Å²) in [6.45, 7) is -0.213. The van der Waals surface area contributed by atoms with E-state index in [9.17, 15) is 18.0 Å². The summed E-state index contributed by atoms with van der Waals surface area (Å²) in [5, 5.41) is 15.0. The van der Waals surface area contributed by atoms with Crippen LogP contribution in [0.1, 0.15) is 41.6 Å². The molecule has 0 aromatic heterocycles. The molecule has 0 atom stereocenters. The lowest BCUT2D eigenvalue weighted by atomic mass is 10.1. The molecule has 0 bridgehead atoms. The Balaban J connectivity index is 1.89. The van der Waals surface area contributed by atoms with Gasteiger partial charge in [0.05, 0.1) is 36.4 Å². The fraction of sp³-hybridized carbons (Fsp3) is 0.364. The second-order valence-electron chi connectivity index (χ2n) is 7.45. The highest BCUT2D eigenvalue weighted by atomic mass is 127. The van der Waals surface area contributed by atoms with E-state index in [1.54, 1.807) is 6.07 Å². The number of oxime groups is 1. The third kappa shape index (κ3) is 6.81. The van der Waals surface area contributed by atoms with Crippen LogP contribution in [-0.4, -0.2) is 37.0 Å². The fourth-order valence-corrected chi connectivity index (χ4v) is 3.86. The molecular formula is C22H23F3IN3O4. The van der Waals surface area contributed by atoms with Crippen LogP contribution in [0.5, 0.6) is 0 Å². The van der Waals surface area contributed by atoms with Gasteiger partial charge in [0.1, 0.15) is 12.4 Å². The Morgan fingerprint density at radius 1 is 1.21 bits per heavy atom. The number of nitrogens with zero attached hydrogens (tertiary/aromatic N) is 1. The van der Waals surface area contributed by atoms with Gasteiger partial charge in [-0.3, -0.25) is 9.63 Å². The number of carbonyl (C=O) groups is 1. The summed E-state index contributed by atoms with van der Waals surface area (Å²) in [4.78, 5) is 22.6. The van der Waals surface area contributed by atoms with Gasteiger partial charge in [0.15, 0.2) is 11.6 Å². The van der Waals surface area contributed by atoms with E-state index in [-0.39, 0.29) is 30.0 Å². The van der Waals surface area contributed by atoms with Gasteiger partial charge < -0.3 is 15.3 Å². The average molecular weight is 577 g/mol. The smallest absolute Gasteiger partial charge is 0.277 e. The number of halogens is 4. The van der Waals surface area contributed by atoms with Gasteiger partial charge in [-0.25, -0.2) is 18.7 Å². The summed E-state index contributed by atoms with van der Waals surface area (Å²) in [7, 11) is 0. The molecule has 7 nitrogen and oxygen atoms in total. The first-order chi connectivity index (χ1) is 15.9. The van der Waals surface area contributed by atoms with Crippen LogP contribution in [0.15, 0.2) is 29.4 Å². The average Bonchev–Trinajstić information content (AvgIpc) is 3.31. The molecule has 0 saturated heterocycles. The minimum absolute atomic E-state index is 0.152. The van der Waals surface area contributed by atoms with Crippen LogP contribution in [0, 0.1) is 26.9 Å². The topological polar surface area (TPSA) is 92.2 Å². The van der Waals surface area contributed by atoms with Crippen molar-refractivity contribution in [1.82, 2.24) is 5.48 Å². The van der Waals surface area contributed by atoms with Gasteiger partial charge in [0.2, 0.25) is 0 Å². The molecule has 0 radical (unpaired) electrons. The quantitative estimate of drug-likeness (QED) is 0.166. The lowest BCUT2D eigenvalue weighted by molar-refractivity contribution is 0.0168. The summed E-state index contributed by atoms with van der Waals surface area (Å²) >= 11 is 1.90. The molecule has 0 aliphatic heterocycles. The standard InChI is InChI=1S/C22H23F3IN3O4/c23-17-10-15(26)5-6-18(17)28-21-16(22(31)29-32-8-7-30)9-14(19(24)20(21)25)11-27-33-12-13-3-1-2-4-13/h5-6,9-11,13,28,30H,1-4,7-8,12H2,(H,29,31). The first-order valence-corrected chi connectivity index (χ1v) is 11.4. The molecule has 1 fully saturated rings. The van der Waals surface area contributed by atoms with E-state index in [4.69, 9.17) is 14.8 Å². The van der Waals surface area contributed by atoms with Crippen molar-refractivity contribution in [2.24, 2.45) is 11.1 Å². The molecular weight excluding hydrogens is 554 g/mol. The second-order valence-corrected chi connectivity index (χ2v) is 8.70. The predicted octanol–water partition coefficient (Wildman–Crippen LogP) is 4.65. The maximum absolute atomic E-state index is 15.0. The fourth-order valence-electron chi connectivity index (χ4n) is 3.40. The van der Waals surface area contributed by atoms with Crippen molar-refractivity contribution in [2.75, 3.05) is 25.1 Å². The number of aliphatic hydroxyl groups excluding tert-OH is 1. The van der Waals surface area contributed by atoms with Gasteiger partial charge >= 0.3 is 0 Å². The molecule has 178 valence electrons. The first-order valence-electron chi connectivity index (χ1n) is 10.3. The van der Waals surface area contributed by atoms with Gasteiger partial charge in [-0.2, -0.15) is 0 Å². The molecule has 3 N–H and O–H groups in total. The number of rotatable bonds is 10. The third-order valence-corrected chi connectivity index (χ3v) is 5.75. The number of hydrogen-bond acceptors (Lipinski definition) is 6. The van der Waals surface area contributed by atoms with Crippen LogP contribution in [0.3, 0.4) is 0 Å². The molecule has 0 heterocycles. The number of hydroxylamine groups is 1. The largest absolute Gasteiger partial charge is 0.396 e. The molecule has 1 aliphatic carbocycles. The lowest BCUT2D eigenvalue weighted by Crippen LogP contribution is -2.26. The molecule has 0 unspecified atom stereocenters. The van der Waals surface area contributed by atoms with Gasteiger partial charge in [-0.15, -0.1) is 0 Å². The number of anilines is 2. The number of aliphatic hydroxyl groups is 1. The van der Waals surface area contributed by atoms with E-state index < -0.39 is 29.0 Å². The molecule has 1 saturated carbocycles. The highest BCUT2D eigenvalue weighted by Crippen LogP contribution is 2.30. The lowest BCUT2D eigenvalue weighted by Gasteiger charge is -2.15. The predicted molar refractivity (Wildman–Crippen MR) is 125 cm³/mol. The Bertz CT molecular complexity index is 1020. The van der Waals surface area contributed by atoms with Crippen molar-refractivity contribution in [2.45, 2.75) is 25.7 Å². The summed E-state index contributed by atoms with van der Waals surface area (Å²) in [6, 6.07) is 5.15. The van der Waals surface area contributed by atoms with Crippen molar-refractivity contribution in [3.05, 3.63) is 56.4 Å². The summed E-state index contributed by atoms with van der Waals surface area (Å²) in [5.74, 6) is -3.96. The van der Waals surface area contributed by atoms with Crippen LogP contribution < -0.4 is 10.8 Å². The monoisotopic (exact) mass is 577 g/mol. The van der Waals surface area contributed by atoms with E-state index in [0.717, 1.165) is 38.0 Å². The molecule has 1 amide bonds. The number of nitrogens with one attached hydrogen (secondary N) is 2. The highest BCUT2D eigenvalue weighted by Gasteiger charge is 2.23. The van der Waals surface area contributed by atoms with Gasteiger partial charge in [-0.1, -0.05) is 18.0 Å². The van der Waals surface area contributed by atoms with Gasteiger partial charge in [0, 0.05) is 9.13 Å². The Hall–Kier alpha value is -2.38. The van der Waals surface area contributed by atoms with Crippen LogP contribution in [-0.2, 0) is 9.68 Å². The van der Waals surface area contributed by atoms with Crippen molar-refractivity contribution < 1.29 is 32.7 Å². The maximum Gasteiger partial charge on any atom is 0.277 e. The van der Waals surface area contributed by atoms with Gasteiger partial charge in [0.25, 0.3) is 5.91 Å². The zero-order chi connectivity index (χ0) is 23.8. The zero-order valence-electron chi connectivity index (χ0n) is 17.5. The minimum atomic E-state index is -1.40. The van der Waals surface area contributed by atoms with E-state index in [0.29, 0.717) is 16.1 Å². The Labute approximate surface area is 202 Å². The van der Waals surface area contributed by atoms with Crippen molar-refractivity contribution in [3.8, 4) is 0 Å². The van der Waals surface area contributed by atoms with E-state index in [1.807, 2.05) is 28.1 Å². The number of benzene rings is 2. The summed E-state index contributed by atoms with van der Waals surface area (Å²) < 4.78 is 44.6. The van der Waals surface area contributed by atoms with Gasteiger partial charge in [-0.05, 0) is 65.6 Å². The Morgan fingerprint density at radius 3 is 2.67 bits per heavy atom. The first kappa shape index (κ1) is 25.2. The van der Waals surface area contributed by atoms with E-state index in [2.05, 4.69) is 10.5 Å². The summed E-state index contributed by atoms with van der Waals surface area (Å²) in [5.41, 5.74) is 0.602. The normalized spacial score (nSPS) is 14.1. The van der Waals surface area contributed by atoms with Crippen molar-refractivity contribution in [1.29, 1.82) is 0 Å². The van der Waals surface area contributed by atoms with E-state index >= 15 is 0 Å². The van der Waals surface area contributed by atoms with Crippen molar-refractivity contribution in [3.63, 3.8) is 0 Å². The zero-order valence-corrected chi connectivity index (χ0v) is 19.7. The highest BCUT2D eigenvalue weighted by molar-refractivity contribution is 14.1. The van der Waals surface area contributed by atoms with E-state index in [1.165, 1.54) is 12.1 Å². The molecule has 0 spiro atoms. The number of carbonyl (C=O) groups excluding carboxylic acids is 1. The van der Waals surface area contributed by atoms with Crippen LogP contribution in [0.4, 0.5) is 24.5 Å². The third-order valence-electron chi connectivity index (χ3n) is 5.08. The van der Waals surface area contributed by atoms with Crippen molar-refractivity contribution >= 4 is 46.1 Å². The van der Waals surface area contributed by atoms with Crippen LogP contribution in [0.25, 0.3) is 0 Å². The molecule has 11 heteroatoms. The molecule has 2 aromatic carbocycles. The second kappa shape index (κ2) is 12.2. The SMILES string of the molecule is O=C(NOCCO)c1cc(C=NOCC2CCCC2)c(F)c(F)c1Nc1ccc(I)cc1F. The molecule has 3 rings (SSSR count). The van der Waals surface area contributed by atoms with Crippen LogP contribution >= 0.6 is 22.6 Å². The Kier molecular flexibility index (Phi) is 9.32. The molecule has 1 aliphatic rings. The molecule has 33 heavy (non-hydrogen) atoms. The molecule has 2 aromatic rings. The Morgan fingerprint density at radius 2 is 1.97 bits per heavy atom. The maximum atomic E-state index is 15.0. The number of hydrogen-bond donors (Lipinski definition) is 3. The number of amides is 1. The summed E-state index contributed by atoms with van der Waals surface area (Å²) in [6.07, 6.45) is 5.31.